The predicted molar refractivity (Wildman–Crippen MR) is 70.7 cm³/mol. The normalized spacial score (nSPS) is 11.6. The lowest BCUT2D eigenvalue weighted by atomic mass is 10.3. The van der Waals surface area contributed by atoms with Crippen molar-refractivity contribution in [2.45, 2.75) is 40.2 Å². The Bertz CT molecular complexity index is 115. The van der Waals surface area contributed by atoms with Crippen LogP contribution < -0.4 is 5.32 Å². The summed E-state index contributed by atoms with van der Waals surface area (Å²) in [4.78, 5) is 0. The molecule has 0 bridgehead atoms. The molecule has 0 atom stereocenters. The van der Waals surface area contributed by atoms with Gasteiger partial charge in [-0.05, 0) is 38.5 Å². The van der Waals surface area contributed by atoms with Gasteiger partial charge in [0.05, 0.1) is 6.10 Å². The Hall–Kier alpha value is 0.270. The van der Waals surface area contributed by atoms with Crippen LogP contribution in [0.15, 0.2) is 0 Å². The van der Waals surface area contributed by atoms with Gasteiger partial charge in [-0.15, -0.1) is 0 Å². The third kappa shape index (κ3) is 14.3. The van der Waals surface area contributed by atoms with Crippen molar-refractivity contribution in [3.63, 3.8) is 0 Å². The summed E-state index contributed by atoms with van der Waals surface area (Å²) in [5.74, 6) is 3.32. The standard InChI is InChI=1S/C12H27NOS/c1-11(2)10-15-9-7-13-6-5-8-14-12(3)4/h11-13H,5-10H2,1-4H3. The van der Waals surface area contributed by atoms with E-state index >= 15 is 0 Å². The molecule has 0 saturated carbocycles. The van der Waals surface area contributed by atoms with Crippen molar-refractivity contribution < 1.29 is 4.74 Å². The Labute approximate surface area is 99.5 Å². The first-order valence-electron chi connectivity index (χ1n) is 6.03. The van der Waals surface area contributed by atoms with Crippen LogP contribution in [-0.2, 0) is 4.74 Å². The largest absolute Gasteiger partial charge is 0.379 e. The summed E-state index contributed by atoms with van der Waals surface area (Å²) in [5.41, 5.74) is 0. The van der Waals surface area contributed by atoms with Gasteiger partial charge in [0.2, 0.25) is 0 Å². The third-order valence-corrected chi connectivity index (χ3v) is 3.22. The zero-order valence-electron chi connectivity index (χ0n) is 10.7. The van der Waals surface area contributed by atoms with Crippen LogP contribution in [0.4, 0.5) is 0 Å². The van der Waals surface area contributed by atoms with Crippen LogP contribution in [0, 0.1) is 5.92 Å². The van der Waals surface area contributed by atoms with Crippen molar-refractivity contribution in [2.75, 3.05) is 31.2 Å². The van der Waals surface area contributed by atoms with E-state index in [4.69, 9.17) is 4.74 Å². The maximum absolute atomic E-state index is 5.46. The molecule has 0 aliphatic heterocycles. The van der Waals surface area contributed by atoms with Crippen molar-refractivity contribution in [1.82, 2.24) is 5.32 Å². The molecule has 0 aliphatic rings. The molecule has 0 saturated heterocycles. The number of nitrogens with one attached hydrogen (secondary N) is 1. The van der Waals surface area contributed by atoms with E-state index in [0.29, 0.717) is 6.10 Å². The Balaban J connectivity index is 2.93. The smallest absolute Gasteiger partial charge is 0.0518 e. The van der Waals surface area contributed by atoms with Gasteiger partial charge in [0.1, 0.15) is 0 Å². The molecule has 0 aliphatic carbocycles. The highest BCUT2D eigenvalue weighted by molar-refractivity contribution is 7.99. The molecule has 0 spiro atoms. The molecule has 0 rings (SSSR count). The van der Waals surface area contributed by atoms with Crippen molar-refractivity contribution in [2.24, 2.45) is 5.92 Å². The highest BCUT2D eigenvalue weighted by Crippen LogP contribution is 2.05. The van der Waals surface area contributed by atoms with E-state index in [2.05, 4.69) is 33.0 Å². The lowest BCUT2D eigenvalue weighted by Crippen LogP contribution is -2.20. The minimum absolute atomic E-state index is 0.367. The first-order chi connectivity index (χ1) is 7.13. The molecule has 0 aromatic carbocycles. The van der Waals surface area contributed by atoms with E-state index in [1.54, 1.807) is 0 Å². The van der Waals surface area contributed by atoms with Crippen molar-refractivity contribution >= 4 is 11.8 Å². The fourth-order valence-electron chi connectivity index (χ4n) is 1.10. The zero-order valence-corrected chi connectivity index (χ0v) is 11.5. The summed E-state index contributed by atoms with van der Waals surface area (Å²) in [6.07, 6.45) is 1.49. The summed E-state index contributed by atoms with van der Waals surface area (Å²) in [6.45, 7) is 11.8. The summed E-state index contributed by atoms with van der Waals surface area (Å²) >= 11 is 2.04. The first-order valence-corrected chi connectivity index (χ1v) is 7.18. The maximum Gasteiger partial charge on any atom is 0.0518 e. The topological polar surface area (TPSA) is 21.3 Å². The molecule has 2 nitrogen and oxygen atoms in total. The molecule has 0 radical (unpaired) electrons. The van der Waals surface area contributed by atoms with E-state index in [1.165, 1.54) is 11.5 Å². The zero-order chi connectivity index (χ0) is 11.5. The van der Waals surface area contributed by atoms with Crippen LogP contribution in [0.5, 0.6) is 0 Å². The molecule has 92 valence electrons. The summed E-state index contributed by atoms with van der Waals surface area (Å²) in [6, 6.07) is 0. The summed E-state index contributed by atoms with van der Waals surface area (Å²) < 4.78 is 5.46. The Morgan fingerprint density at radius 1 is 1.13 bits per heavy atom. The predicted octanol–water partition coefficient (Wildman–Crippen LogP) is 2.78. The highest BCUT2D eigenvalue weighted by Gasteiger charge is 1.95. The molecule has 0 unspecified atom stereocenters. The van der Waals surface area contributed by atoms with Gasteiger partial charge < -0.3 is 10.1 Å². The van der Waals surface area contributed by atoms with E-state index in [1.807, 2.05) is 11.8 Å². The van der Waals surface area contributed by atoms with Crippen LogP contribution in [0.3, 0.4) is 0 Å². The van der Waals surface area contributed by atoms with Crippen LogP contribution in [0.1, 0.15) is 34.1 Å². The lowest BCUT2D eigenvalue weighted by Gasteiger charge is -2.08. The van der Waals surface area contributed by atoms with Gasteiger partial charge >= 0.3 is 0 Å². The number of thioether (sulfide) groups is 1. The Kier molecular flexibility index (Phi) is 11.0. The van der Waals surface area contributed by atoms with Crippen LogP contribution in [0.25, 0.3) is 0 Å². The third-order valence-electron chi connectivity index (χ3n) is 1.82. The van der Waals surface area contributed by atoms with E-state index in [-0.39, 0.29) is 0 Å². The molecule has 1 N–H and O–H groups in total. The SMILES string of the molecule is CC(C)CSCCNCCCOC(C)C. The molecular weight excluding hydrogens is 206 g/mol. The van der Waals surface area contributed by atoms with Gasteiger partial charge in [-0.25, -0.2) is 0 Å². The summed E-state index contributed by atoms with van der Waals surface area (Å²) in [5, 5.41) is 3.43. The molecule has 0 fully saturated rings. The number of hydrogen-bond donors (Lipinski definition) is 1. The molecule has 3 heteroatoms. The van der Waals surface area contributed by atoms with Gasteiger partial charge in [0.25, 0.3) is 0 Å². The monoisotopic (exact) mass is 233 g/mol. The van der Waals surface area contributed by atoms with Gasteiger partial charge in [-0.3, -0.25) is 0 Å². The fourth-order valence-corrected chi connectivity index (χ4v) is 2.03. The second kappa shape index (κ2) is 10.8. The molecule has 0 aromatic heterocycles. The number of hydrogen-bond acceptors (Lipinski definition) is 3. The Morgan fingerprint density at radius 2 is 1.87 bits per heavy atom. The van der Waals surface area contributed by atoms with Gasteiger partial charge in [0.15, 0.2) is 0 Å². The van der Waals surface area contributed by atoms with Gasteiger partial charge in [-0.2, -0.15) is 11.8 Å². The first kappa shape index (κ1) is 15.3. The molecule has 15 heavy (non-hydrogen) atoms. The van der Waals surface area contributed by atoms with E-state index in [0.717, 1.165) is 32.0 Å². The molecule has 0 amide bonds. The molecular formula is C12H27NOS. The average molecular weight is 233 g/mol. The minimum Gasteiger partial charge on any atom is -0.379 e. The minimum atomic E-state index is 0.367. The quantitative estimate of drug-likeness (QED) is 0.586. The van der Waals surface area contributed by atoms with E-state index in [9.17, 15) is 0 Å². The maximum atomic E-state index is 5.46. The van der Waals surface area contributed by atoms with Crippen LogP contribution in [0.2, 0.25) is 0 Å². The van der Waals surface area contributed by atoms with Crippen LogP contribution in [-0.4, -0.2) is 37.3 Å². The van der Waals surface area contributed by atoms with Gasteiger partial charge in [0, 0.05) is 18.9 Å². The van der Waals surface area contributed by atoms with E-state index < -0.39 is 0 Å². The van der Waals surface area contributed by atoms with Crippen LogP contribution >= 0.6 is 11.8 Å². The van der Waals surface area contributed by atoms with Crippen molar-refractivity contribution in [3.8, 4) is 0 Å². The average Bonchev–Trinajstić information content (AvgIpc) is 2.14. The summed E-state index contributed by atoms with van der Waals surface area (Å²) in [7, 11) is 0. The van der Waals surface area contributed by atoms with Crippen molar-refractivity contribution in [3.05, 3.63) is 0 Å². The molecule has 0 heterocycles. The molecule has 0 aromatic rings. The van der Waals surface area contributed by atoms with Crippen molar-refractivity contribution in [1.29, 1.82) is 0 Å². The number of rotatable bonds is 10. The Morgan fingerprint density at radius 3 is 2.47 bits per heavy atom. The second-order valence-electron chi connectivity index (χ2n) is 4.49. The highest BCUT2D eigenvalue weighted by atomic mass is 32.2. The van der Waals surface area contributed by atoms with Gasteiger partial charge in [-0.1, -0.05) is 13.8 Å². The lowest BCUT2D eigenvalue weighted by molar-refractivity contribution is 0.0772. The second-order valence-corrected chi connectivity index (χ2v) is 5.64. The fraction of sp³-hybridized carbons (Fsp3) is 1.00. The number of ether oxygens (including phenoxy) is 1.